The van der Waals surface area contributed by atoms with Crippen LogP contribution in [-0.2, 0) is 0 Å². The van der Waals surface area contributed by atoms with Crippen molar-refractivity contribution in [1.29, 1.82) is 0 Å². The summed E-state index contributed by atoms with van der Waals surface area (Å²) in [6, 6.07) is 0. The lowest BCUT2D eigenvalue weighted by Gasteiger charge is -2.42. The topological polar surface area (TPSA) is 3.24 Å². The lowest BCUT2D eigenvalue weighted by Crippen LogP contribution is -2.49. The molecule has 0 spiro atoms. The highest BCUT2D eigenvalue weighted by Gasteiger charge is 2.38. The second kappa shape index (κ2) is 2.48. The zero-order valence-corrected chi connectivity index (χ0v) is 8.57. The molecule has 11 heavy (non-hydrogen) atoms. The SMILES string of the molecule is CC(C)(C)N1CCCC1(C)C. The Kier molecular flexibility index (Phi) is 2.04. The van der Waals surface area contributed by atoms with Crippen molar-refractivity contribution in [2.24, 2.45) is 0 Å². The molecule has 66 valence electrons. The quantitative estimate of drug-likeness (QED) is 0.520. The van der Waals surface area contributed by atoms with Crippen LogP contribution in [0.25, 0.3) is 0 Å². The molecule has 0 aliphatic carbocycles. The Labute approximate surface area is 70.8 Å². The molecule has 1 fully saturated rings. The lowest BCUT2D eigenvalue weighted by molar-refractivity contribution is 0.0681. The maximum atomic E-state index is 2.61. The van der Waals surface area contributed by atoms with Gasteiger partial charge in [0.2, 0.25) is 0 Å². The molecule has 1 saturated heterocycles. The van der Waals surface area contributed by atoms with Crippen LogP contribution in [0.5, 0.6) is 0 Å². The highest BCUT2D eigenvalue weighted by molar-refractivity contribution is 4.94. The molecule has 0 radical (unpaired) electrons. The normalized spacial score (nSPS) is 25.9. The standard InChI is InChI=1S/C10H21N/c1-9(2,3)11-8-6-7-10(11,4)5/h6-8H2,1-5H3. The molecule has 0 atom stereocenters. The molecular weight excluding hydrogens is 134 g/mol. The van der Waals surface area contributed by atoms with Gasteiger partial charge >= 0.3 is 0 Å². The van der Waals surface area contributed by atoms with E-state index in [1.807, 2.05) is 0 Å². The summed E-state index contributed by atoms with van der Waals surface area (Å²) >= 11 is 0. The van der Waals surface area contributed by atoms with Crippen molar-refractivity contribution in [1.82, 2.24) is 4.90 Å². The highest BCUT2D eigenvalue weighted by atomic mass is 15.3. The smallest absolute Gasteiger partial charge is 0.0158 e. The molecule has 0 aromatic rings. The van der Waals surface area contributed by atoms with Crippen molar-refractivity contribution in [2.45, 2.75) is 58.5 Å². The first-order valence-corrected chi connectivity index (χ1v) is 4.62. The summed E-state index contributed by atoms with van der Waals surface area (Å²) in [4.78, 5) is 2.61. The second-order valence-electron chi connectivity index (χ2n) is 5.24. The van der Waals surface area contributed by atoms with Crippen molar-refractivity contribution in [3.63, 3.8) is 0 Å². The van der Waals surface area contributed by atoms with Crippen LogP contribution in [0, 0.1) is 0 Å². The summed E-state index contributed by atoms with van der Waals surface area (Å²) < 4.78 is 0. The summed E-state index contributed by atoms with van der Waals surface area (Å²) in [6.07, 6.45) is 2.72. The molecule has 0 amide bonds. The van der Waals surface area contributed by atoms with E-state index in [1.54, 1.807) is 0 Å². The Hall–Kier alpha value is -0.0400. The third-order valence-corrected chi connectivity index (χ3v) is 2.71. The van der Waals surface area contributed by atoms with E-state index in [0.29, 0.717) is 11.1 Å². The molecule has 0 unspecified atom stereocenters. The summed E-state index contributed by atoms with van der Waals surface area (Å²) in [5, 5.41) is 0. The Morgan fingerprint density at radius 2 is 1.73 bits per heavy atom. The fourth-order valence-corrected chi connectivity index (χ4v) is 2.35. The second-order valence-corrected chi connectivity index (χ2v) is 5.24. The Balaban J connectivity index is 2.73. The molecule has 0 aromatic heterocycles. The van der Waals surface area contributed by atoms with Gasteiger partial charge in [0.1, 0.15) is 0 Å². The molecule has 1 rings (SSSR count). The van der Waals surface area contributed by atoms with Crippen molar-refractivity contribution in [3.05, 3.63) is 0 Å². The van der Waals surface area contributed by atoms with E-state index in [4.69, 9.17) is 0 Å². The third-order valence-electron chi connectivity index (χ3n) is 2.71. The van der Waals surface area contributed by atoms with Crippen LogP contribution >= 0.6 is 0 Å². The van der Waals surface area contributed by atoms with E-state index in [0.717, 1.165) is 0 Å². The monoisotopic (exact) mass is 155 g/mol. The first kappa shape index (κ1) is 9.05. The zero-order valence-electron chi connectivity index (χ0n) is 8.57. The summed E-state index contributed by atoms with van der Waals surface area (Å²) in [7, 11) is 0. The molecular formula is C10H21N. The van der Waals surface area contributed by atoms with Crippen molar-refractivity contribution >= 4 is 0 Å². The average molecular weight is 155 g/mol. The van der Waals surface area contributed by atoms with E-state index in [1.165, 1.54) is 19.4 Å². The Bertz CT molecular complexity index is 141. The van der Waals surface area contributed by atoms with E-state index in [9.17, 15) is 0 Å². The molecule has 1 heteroatoms. The largest absolute Gasteiger partial charge is 0.293 e. The van der Waals surface area contributed by atoms with Crippen LogP contribution < -0.4 is 0 Å². The first-order chi connectivity index (χ1) is 4.84. The van der Waals surface area contributed by atoms with Crippen LogP contribution in [0.3, 0.4) is 0 Å². The molecule has 0 N–H and O–H groups in total. The van der Waals surface area contributed by atoms with Gasteiger partial charge < -0.3 is 0 Å². The van der Waals surface area contributed by atoms with Gasteiger partial charge in [-0.05, 0) is 54.0 Å². The van der Waals surface area contributed by atoms with Gasteiger partial charge in [0, 0.05) is 11.1 Å². The molecule has 0 aromatic carbocycles. The van der Waals surface area contributed by atoms with E-state index < -0.39 is 0 Å². The van der Waals surface area contributed by atoms with Gasteiger partial charge in [-0.15, -0.1) is 0 Å². The minimum atomic E-state index is 0.347. The van der Waals surface area contributed by atoms with Crippen molar-refractivity contribution in [3.8, 4) is 0 Å². The van der Waals surface area contributed by atoms with Gasteiger partial charge in [-0.2, -0.15) is 0 Å². The average Bonchev–Trinajstić information content (AvgIpc) is 2.06. The molecule has 1 aliphatic rings. The van der Waals surface area contributed by atoms with E-state index in [2.05, 4.69) is 39.5 Å². The lowest BCUT2D eigenvalue weighted by atomic mass is 9.96. The van der Waals surface area contributed by atoms with Gasteiger partial charge in [-0.1, -0.05) is 0 Å². The maximum absolute atomic E-state index is 2.61. The van der Waals surface area contributed by atoms with Crippen LogP contribution in [0.2, 0.25) is 0 Å². The predicted molar refractivity (Wildman–Crippen MR) is 49.8 cm³/mol. The maximum Gasteiger partial charge on any atom is 0.0158 e. The molecule has 0 bridgehead atoms. The number of likely N-dealkylation sites (tertiary alicyclic amines) is 1. The summed E-state index contributed by atoms with van der Waals surface area (Å²) in [5.74, 6) is 0. The number of nitrogens with zero attached hydrogens (tertiary/aromatic N) is 1. The minimum Gasteiger partial charge on any atom is -0.293 e. The highest BCUT2D eigenvalue weighted by Crippen LogP contribution is 2.34. The Morgan fingerprint density at radius 3 is 1.91 bits per heavy atom. The number of hydrogen-bond donors (Lipinski definition) is 0. The van der Waals surface area contributed by atoms with E-state index >= 15 is 0 Å². The zero-order chi connectivity index (χ0) is 8.70. The fourth-order valence-electron chi connectivity index (χ4n) is 2.35. The third kappa shape index (κ3) is 1.76. The predicted octanol–water partition coefficient (Wildman–Crippen LogP) is 2.66. The molecule has 1 nitrogen and oxygen atoms in total. The Morgan fingerprint density at radius 1 is 1.18 bits per heavy atom. The van der Waals surface area contributed by atoms with E-state index in [-0.39, 0.29) is 0 Å². The number of rotatable bonds is 0. The first-order valence-electron chi connectivity index (χ1n) is 4.62. The van der Waals surface area contributed by atoms with Crippen molar-refractivity contribution < 1.29 is 0 Å². The van der Waals surface area contributed by atoms with Gasteiger partial charge in [0.15, 0.2) is 0 Å². The van der Waals surface area contributed by atoms with Gasteiger partial charge in [-0.25, -0.2) is 0 Å². The molecule has 1 aliphatic heterocycles. The summed E-state index contributed by atoms with van der Waals surface area (Å²) in [5.41, 5.74) is 0.776. The van der Waals surface area contributed by atoms with Crippen LogP contribution in [0.15, 0.2) is 0 Å². The van der Waals surface area contributed by atoms with Crippen LogP contribution in [-0.4, -0.2) is 22.5 Å². The van der Waals surface area contributed by atoms with Crippen molar-refractivity contribution in [2.75, 3.05) is 6.54 Å². The minimum absolute atomic E-state index is 0.347. The van der Waals surface area contributed by atoms with Crippen LogP contribution in [0.4, 0.5) is 0 Å². The summed E-state index contributed by atoms with van der Waals surface area (Å²) in [6.45, 7) is 12.9. The fraction of sp³-hybridized carbons (Fsp3) is 1.00. The van der Waals surface area contributed by atoms with Gasteiger partial charge in [-0.3, -0.25) is 4.90 Å². The van der Waals surface area contributed by atoms with Gasteiger partial charge in [0.05, 0.1) is 0 Å². The van der Waals surface area contributed by atoms with Gasteiger partial charge in [0.25, 0.3) is 0 Å². The molecule has 0 saturated carbocycles. The number of hydrogen-bond acceptors (Lipinski definition) is 1. The van der Waals surface area contributed by atoms with Crippen LogP contribution in [0.1, 0.15) is 47.5 Å². The molecule has 1 heterocycles.